The number of nitrogens with two attached hydrogens (primary N) is 1. The second-order valence-electron chi connectivity index (χ2n) is 6.83. The molecule has 25 heavy (non-hydrogen) atoms. The minimum atomic E-state index is -0.0776. The Hall–Kier alpha value is -1.86. The lowest BCUT2D eigenvalue weighted by molar-refractivity contribution is -0.140. The van der Waals surface area contributed by atoms with E-state index < -0.39 is 0 Å². The van der Waals surface area contributed by atoms with E-state index in [4.69, 9.17) is 14.9 Å². The fraction of sp³-hybridized carbons (Fsp3) is 0.667. The molecule has 2 atom stereocenters. The molecule has 2 N–H and O–H groups in total. The van der Waals surface area contributed by atoms with E-state index in [1.165, 1.54) is 0 Å². The van der Waals surface area contributed by atoms with E-state index in [0.717, 1.165) is 25.8 Å². The van der Waals surface area contributed by atoms with Crippen molar-refractivity contribution in [2.24, 2.45) is 11.7 Å². The molecule has 3 heterocycles. The zero-order valence-corrected chi connectivity index (χ0v) is 14.8. The SMILES string of the molecule is COCc1ccc(C(=O)N2CC[C@@H]3[C@@H](CCC(=O)N3CCCN)C2)o1. The van der Waals surface area contributed by atoms with E-state index in [9.17, 15) is 9.59 Å². The molecule has 7 heteroatoms. The van der Waals surface area contributed by atoms with Gasteiger partial charge >= 0.3 is 0 Å². The van der Waals surface area contributed by atoms with Crippen LogP contribution in [-0.2, 0) is 16.1 Å². The number of amides is 2. The number of likely N-dealkylation sites (tertiary alicyclic amines) is 2. The highest BCUT2D eigenvalue weighted by molar-refractivity contribution is 5.91. The van der Waals surface area contributed by atoms with Crippen molar-refractivity contribution in [3.05, 3.63) is 23.7 Å². The summed E-state index contributed by atoms with van der Waals surface area (Å²) in [6, 6.07) is 3.72. The minimum absolute atomic E-state index is 0.0776. The van der Waals surface area contributed by atoms with Crippen LogP contribution in [0.4, 0.5) is 0 Å². The molecule has 138 valence electrons. The van der Waals surface area contributed by atoms with E-state index >= 15 is 0 Å². The van der Waals surface area contributed by atoms with Gasteiger partial charge in [-0.05, 0) is 43.9 Å². The van der Waals surface area contributed by atoms with Gasteiger partial charge in [-0.3, -0.25) is 9.59 Å². The van der Waals surface area contributed by atoms with Crippen LogP contribution in [0.2, 0.25) is 0 Å². The number of carbonyl (C=O) groups is 2. The van der Waals surface area contributed by atoms with E-state index in [0.29, 0.717) is 50.1 Å². The molecule has 0 aromatic carbocycles. The molecule has 0 saturated carbocycles. The second-order valence-corrected chi connectivity index (χ2v) is 6.83. The maximum Gasteiger partial charge on any atom is 0.289 e. The van der Waals surface area contributed by atoms with Crippen LogP contribution in [0.3, 0.4) is 0 Å². The predicted octanol–water partition coefficient (Wildman–Crippen LogP) is 1.23. The molecule has 3 rings (SSSR count). The number of methoxy groups -OCH3 is 1. The van der Waals surface area contributed by atoms with E-state index in [2.05, 4.69) is 0 Å². The fourth-order valence-corrected chi connectivity index (χ4v) is 3.96. The van der Waals surface area contributed by atoms with Gasteiger partial charge in [-0.1, -0.05) is 0 Å². The summed E-state index contributed by atoms with van der Waals surface area (Å²) in [5.74, 6) is 1.49. The maximum atomic E-state index is 12.7. The van der Waals surface area contributed by atoms with Crippen molar-refractivity contribution in [3.8, 4) is 0 Å². The molecular formula is C18H27N3O4. The van der Waals surface area contributed by atoms with E-state index in [1.807, 2.05) is 9.80 Å². The molecule has 2 fully saturated rings. The van der Waals surface area contributed by atoms with E-state index in [-0.39, 0.29) is 17.9 Å². The average Bonchev–Trinajstić information content (AvgIpc) is 3.09. The van der Waals surface area contributed by atoms with Crippen molar-refractivity contribution >= 4 is 11.8 Å². The van der Waals surface area contributed by atoms with Gasteiger partial charge in [-0.25, -0.2) is 0 Å². The van der Waals surface area contributed by atoms with Crippen LogP contribution < -0.4 is 5.73 Å². The molecule has 0 radical (unpaired) electrons. The number of nitrogens with zero attached hydrogens (tertiary/aromatic N) is 2. The summed E-state index contributed by atoms with van der Waals surface area (Å²) >= 11 is 0. The van der Waals surface area contributed by atoms with Crippen molar-refractivity contribution in [1.82, 2.24) is 9.80 Å². The van der Waals surface area contributed by atoms with Crippen LogP contribution in [0, 0.1) is 5.92 Å². The largest absolute Gasteiger partial charge is 0.453 e. The third-order valence-corrected chi connectivity index (χ3v) is 5.19. The van der Waals surface area contributed by atoms with Crippen molar-refractivity contribution in [3.63, 3.8) is 0 Å². The molecule has 7 nitrogen and oxygen atoms in total. The van der Waals surface area contributed by atoms with Gasteiger partial charge in [0.2, 0.25) is 5.91 Å². The fourth-order valence-electron chi connectivity index (χ4n) is 3.96. The van der Waals surface area contributed by atoms with Gasteiger partial charge in [0.05, 0.1) is 0 Å². The first kappa shape index (κ1) is 17.9. The maximum absolute atomic E-state index is 12.7. The lowest BCUT2D eigenvalue weighted by atomic mass is 9.83. The molecule has 2 amide bonds. The third kappa shape index (κ3) is 3.88. The molecule has 0 aliphatic carbocycles. The predicted molar refractivity (Wildman–Crippen MR) is 91.8 cm³/mol. The number of rotatable bonds is 6. The van der Waals surface area contributed by atoms with Gasteiger partial charge in [0, 0.05) is 39.2 Å². The molecule has 2 aliphatic rings. The summed E-state index contributed by atoms with van der Waals surface area (Å²) in [6.07, 6.45) is 3.05. The normalized spacial score (nSPS) is 23.7. The van der Waals surface area contributed by atoms with Crippen molar-refractivity contribution in [2.45, 2.75) is 38.3 Å². The quantitative estimate of drug-likeness (QED) is 0.834. The van der Waals surface area contributed by atoms with Gasteiger partial charge in [-0.2, -0.15) is 0 Å². The van der Waals surface area contributed by atoms with Gasteiger partial charge in [-0.15, -0.1) is 0 Å². The summed E-state index contributed by atoms with van der Waals surface area (Å²) in [5.41, 5.74) is 5.60. The van der Waals surface area contributed by atoms with Gasteiger partial charge in [0.15, 0.2) is 5.76 Å². The van der Waals surface area contributed by atoms with Crippen molar-refractivity contribution in [1.29, 1.82) is 0 Å². The number of ether oxygens (including phenoxy) is 1. The number of hydrogen-bond acceptors (Lipinski definition) is 5. The lowest BCUT2D eigenvalue weighted by Crippen LogP contribution is -2.57. The first-order valence-electron chi connectivity index (χ1n) is 9.00. The Kier molecular flexibility index (Phi) is 5.75. The first-order valence-corrected chi connectivity index (χ1v) is 9.00. The van der Waals surface area contributed by atoms with Crippen LogP contribution in [0.5, 0.6) is 0 Å². The molecule has 2 aliphatic heterocycles. The van der Waals surface area contributed by atoms with Crippen molar-refractivity contribution in [2.75, 3.05) is 33.3 Å². The number of hydrogen-bond donors (Lipinski definition) is 1. The Bertz CT molecular complexity index is 615. The van der Waals surface area contributed by atoms with E-state index in [1.54, 1.807) is 19.2 Å². The Balaban J connectivity index is 1.64. The molecule has 0 unspecified atom stereocenters. The van der Waals surface area contributed by atoms with Gasteiger partial charge < -0.3 is 24.7 Å². The third-order valence-electron chi connectivity index (χ3n) is 5.19. The Morgan fingerprint density at radius 3 is 3.00 bits per heavy atom. The number of fused-ring (bicyclic) bond motifs is 1. The average molecular weight is 349 g/mol. The minimum Gasteiger partial charge on any atom is -0.453 e. The zero-order valence-electron chi connectivity index (χ0n) is 14.8. The summed E-state index contributed by atoms with van der Waals surface area (Å²) < 4.78 is 10.6. The summed E-state index contributed by atoms with van der Waals surface area (Å²) in [5, 5.41) is 0. The molecule has 1 aromatic heterocycles. The van der Waals surface area contributed by atoms with Gasteiger partial charge in [0.1, 0.15) is 12.4 Å². The van der Waals surface area contributed by atoms with Crippen LogP contribution in [0.1, 0.15) is 42.0 Å². The molecular weight excluding hydrogens is 322 g/mol. The Labute approximate surface area is 148 Å². The topological polar surface area (TPSA) is 89.0 Å². The van der Waals surface area contributed by atoms with Crippen LogP contribution in [0.15, 0.2) is 16.5 Å². The van der Waals surface area contributed by atoms with Crippen LogP contribution in [0.25, 0.3) is 0 Å². The summed E-state index contributed by atoms with van der Waals surface area (Å²) in [4.78, 5) is 28.8. The second kappa shape index (κ2) is 8.01. The van der Waals surface area contributed by atoms with Gasteiger partial charge in [0.25, 0.3) is 5.91 Å². The molecule has 0 spiro atoms. The molecule has 2 saturated heterocycles. The Morgan fingerprint density at radius 1 is 1.40 bits per heavy atom. The molecule has 1 aromatic rings. The summed E-state index contributed by atoms with van der Waals surface area (Å²) in [6.45, 7) is 3.00. The highest BCUT2D eigenvalue weighted by atomic mass is 16.5. The number of furan rings is 1. The standard InChI is InChI=1S/C18H27N3O4/c1-24-12-14-4-5-16(25-14)18(23)20-10-7-15-13(11-20)3-6-17(22)21(15)9-2-8-19/h4-5,13,15H,2-3,6-12,19H2,1H3/t13-,15+/m0/s1. The zero-order chi connectivity index (χ0) is 17.8. The highest BCUT2D eigenvalue weighted by Gasteiger charge is 2.40. The summed E-state index contributed by atoms with van der Waals surface area (Å²) in [7, 11) is 1.59. The number of carbonyl (C=O) groups excluding carboxylic acids is 2. The number of piperidine rings is 2. The lowest BCUT2D eigenvalue weighted by Gasteiger charge is -2.47. The smallest absolute Gasteiger partial charge is 0.289 e. The van der Waals surface area contributed by atoms with Crippen molar-refractivity contribution < 1.29 is 18.7 Å². The van der Waals surface area contributed by atoms with Crippen LogP contribution in [-0.4, -0.2) is 60.9 Å². The monoisotopic (exact) mass is 349 g/mol. The first-order chi connectivity index (χ1) is 12.1. The van der Waals surface area contributed by atoms with Crippen LogP contribution >= 0.6 is 0 Å². The molecule has 0 bridgehead atoms. The highest BCUT2D eigenvalue weighted by Crippen LogP contribution is 2.32. The Morgan fingerprint density at radius 2 is 2.24 bits per heavy atom.